The predicted molar refractivity (Wildman–Crippen MR) is 127 cm³/mol. The van der Waals surface area contributed by atoms with Crippen molar-refractivity contribution in [2.75, 3.05) is 6.54 Å². The van der Waals surface area contributed by atoms with Gasteiger partial charge in [-0.15, -0.1) is 0 Å². The van der Waals surface area contributed by atoms with Crippen LogP contribution in [-0.4, -0.2) is 27.6 Å². The summed E-state index contributed by atoms with van der Waals surface area (Å²) < 4.78 is 0. The zero-order chi connectivity index (χ0) is 20.7. The van der Waals surface area contributed by atoms with Crippen LogP contribution in [0.25, 0.3) is 10.9 Å². The van der Waals surface area contributed by atoms with Gasteiger partial charge in [0.1, 0.15) is 0 Å². The maximum absolute atomic E-state index is 6.30. The van der Waals surface area contributed by atoms with Gasteiger partial charge in [-0.1, -0.05) is 49.7 Å². The first-order chi connectivity index (χ1) is 13.8. The number of aromatic amines is 1. The second kappa shape index (κ2) is 8.00. The predicted octanol–water partition coefficient (Wildman–Crippen LogP) is 6.18. The van der Waals surface area contributed by atoms with E-state index in [2.05, 4.69) is 79.3 Å². The number of aromatic nitrogens is 1. The van der Waals surface area contributed by atoms with E-state index >= 15 is 0 Å². The quantitative estimate of drug-likeness (QED) is 0.491. The van der Waals surface area contributed by atoms with Gasteiger partial charge in [-0.2, -0.15) is 0 Å². The Bertz CT molecular complexity index is 1040. The largest absolute Gasteiger partial charge is 0.360 e. The molecule has 3 nitrogen and oxygen atoms in total. The lowest BCUT2D eigenvalue weighted by atomic mass is 9.91. The first-order valence-electron chi connectivity index (χ1n) is 10.3. The third kappa shape index (κ3) is 3.88. The van der Waals surface area contributed by atoms with E-state index in [9.17, 15) is 0 Å². The van der Waals surface area contributed by atoms with E-state index in [0.717, 1.165) is 28.6 Å². The lowest BCUT2D eigenvalue weighted by molar-refractivity contribution is 0.327. The Morgan fingerprint density at radius 1 is 1.14 bits per heavy atom. The molecule has 2 N–H and O–H groups in total. The van der Waals surface area contributed by atoms with Crippen LogP contribution in [0.2, 0.25) is 5.02 Å². The molecule has 1 unspecified atom stereocenters. The second-order valence-electron chi connectivity index (χ2n) is 8.48. The van der Waals surface area contributed by atoms with Crippen LogP contribution in [0, 0.1) is 0 Å². The molecule has 0 amide bonds. The number of hydrogen-bond donors (Lipinski definition) is 2. The van der Waals surface area contributed by atoms with Crippen molar-refractivity contribution in [1.29, 1.82) is 0 Å². The molecule has 0 bridgehead atoms. The molecule has 1 aliphatic rings. The molecule has 0 saturated carbocycles. The highest BCUT2D eigenvalue weighted by atomic mass is 35.5. The zero-order valence-corrected chi connectivity index (χ0v) is 19.0. The normalized spacial score (nSPS) is 16.5. The Morgan fingerprint density at radius 3 is 2.52 bits per heavy atom. The van der Waals surface area contributed by atoms with Crippen molar-refractivity contribution in [2.45, 2.75) is 52.1 Å². The number of hydrogen-bond acceptors (Lipinski definition) is 1. The average Bonchev–Trinajstić information content (AvgIpc) is 3.04. The number of halogens is 1. The van der Waals surface area contributed by atoms with Crippen LogP contribution < -0.4 is 5.32 Å². The standard InChI is InChI=1S/C24H28ClN3S/c1-14(2)16-5-7-17(8-6-16)23-22-19(11-12-28(23)24(29)26-15(3)4)20-13-18(25)9-10-21(20)27-22/h5-10,13-15,23,27H,11-12H2,1-4H3,(H,26,29). The van der Waals surface area contributed by atoms with E-state index in [1.165, 1.54) is 27.8 Å². The Hall–Kier alpha value is -2.04. The first-order valence-corrected chi connectivity index (χ1v) is 11.1. The molecule has 4 rings (SSSR count). The molecular formula is C24H28ClN3S. The smallest absolute Gasteiger partial charge is 0.169 e. The lowest BCUT2D eigenvalue weighted by Crippen LogP contribution is -2.47. The average molecular weight is 426 g/mol. The van der Waals surface area contributed by atoms with Crippen LogP contribution >= 0.6 is 23.8 Å². The number of benzene rings is 2. The summed E-state index contributed by atoms with van der Waals surface area (Å²) in [5.74, 6) is 0.515. The maximum atomic E-state index is 6.30. The van der Waals surface area contributed by atoms with Gasteiger partial charge in [0.2, 0.25) is 0 Å². The molecule has 29 heavy (non-hydrogen) atoms. The minimum absolute atomic E-state index is 0.0601. The van der Waals surface area contributed by atoms with Crippen LogP contribution in [-0.2, 0) is 6.42 Å². The topological polar surface area (TPSA) is 31.1 Å². The Balaban J connectivity index is 1.83. The van der Waals surface area contributed by atoms with Gasteiger partial charge in [0.15, 0.2) is 5.11 Å². The Kier molecular flexibility index (Phi) is 5.58. The molecular weight excluding hydrogens is 398 g/mol. The van der Waals surface area contributed by atoms with Crippen LogP contribution in [0.4, 0.5) is 0 Å². The molecule has 1 aromatic heterocycles. The van der Waals surface area contributed by atoms with Crippen molar-refractivity contribution in [3.63, 3.8) is 0 Å². The number of thiocarbonyl (C=S) groups is 1. The van der Waals surface area contributed by atoms with E-state index < -0.39 is 0 Å². The molecule has 0 spiro atoms. The summed E-state index contributed by atoms with van der Waals surface area (Å²) in [7, 11) is 0. The molecule has 1 aliphatic heterocycles. The molecule has 152 valence electrons. The van der Waals surface area contributed by atoms with Gasteiger partial charge < -0.3 is 15.2 Å². The highest BCUT2D eigenvalue weighted by Crippen LogP contribution is 2.39. The van der Waals surface area contributed by atoms with Crippen molar-refractivity contribution in [2.24, 2.45) is 0 Å². The summed E-state index contributed by atoms with van der Waals surface area (Å²) in [5.41, 5.74) is 6.30. The van der Waals surface area contributed by atoms with Crippen LogP contribution in [0.1, 0.15) is 62.0 Å². The summed E-state index contributed by atoms with van der Waals surface area (Å²) in [6, 6.07) is 15.4. The molecule has 2 aromatic carbocycles. The summed E-state index contributed by atoms with van der Waals surface area (Å²) in [5, 5.41) is 6.24. The third-order valence-electron chi connectivity index (χ3n) is 5.68. The van der Waals surface area contributed by atoms with Gasteiger partial charge in [-0.25, -0.2) is 0 Å². The maximum Gasteiger partial charge on any atom is 0.169 e. The van der Waals surface area contributed by atoms with Crippen molar-refractivity contribution >= 4 is 39.8 Å². The van der Waals surface area contributed by atoms with E-state index in [1.54, 1.807) is 0 Å². The van der Waals surface area contributed by atoms with Gasteiger partial charge in [0.05, 0.1) is 6.04 Å². The number of H-pyrrole nitrogens is 1. The molecule has 0 radical (unpaired) electrons. The molecule has 3 aromatic rings. The van der Waals surface area contributed by atoms with E-state index in [1.807, 2.05) is 6.07 Å². The van der Waals surface area contributed by atoms with Gasteiger partial charge in [0, 0.05) is 34.2 Å². The van der Waals surface area contributed by atoms with Crippen LogP contribution in [0.5, 0.6) is 0 Å². The van der Waals surface area contributed by atoms with Gasteiger partial charge in [-0.05, 0) is 73.3 Å². The second-order valence-corrected chi connectivity index (χ2v) is 9.30. The number of rotatable bonds is 3. The minimum atomic E-state index is 0.0601. The fourth-order valence-corrected chi connectivity index (χ4v) is 4.82. The monoisotopic (exact) mass is 425 g/mol. The van der Waals surface area contributed by atoms with E-state index in [0.29, 0.717) is 12.0 Å². The minimum Gasteiger partial charge on any atom is -0.360 e. The lowest BCUT2D eigenvalue weighted by Gasteiger charge is -2.38. The van der Waals surface area contributed by atoms with Gasteiger partial charge in [0.25, 0.3) is 0 Å². The zero-order valence-electron chi connectivity index (χ0n) is 17.4. The number of fused-ring (bicyclic) bond motifs is 3. The third-order valence-corrected chi connectivity index (χ3v) is 6.27. The summed E-state index contributed by atoms with van der Waals surface area (Å²) >= 11 is 12.1. The summed E-state index contributed by atoms with van der Waals surface area (Å²) in [6.45, 7) is 9.58. The molecule has 0 fully saturated rings. The van der Waals surface area contributed by atoms with Gasteiger partial charge >= 0.3 is 0 Å². The molecule has 1 atom stereocenters. The van der Waals surface area contributed by atoms with Crippen molar-refractivity contribution in [3.05, 3.63) is 69.9 Å². The highest BCUT2D eigenvalue weighted by molar-refractivity contribution is 7.80. The number of nitrogens with one attached hydrogen (secondary N) is 2. The van der Waals surface area contributed by atoms with E-state index in [-0.39, 0.29) is 6.04 Å². The Labute approximate surface area is 183 Å². The first kappa shape index (κ1) is 20.2. The fraction of sp³-hybridized carbons (Fsp3) is 0.375. The van der Waals surface area contributed by atoms with Crippen molar-refractivity contribution in [3.8, 4) is 0 Å². The highest BCUT2D eigenvalue weighted by Gasteiger charge is 2.33. The molecule has 0 saturated heterocycles. The van der Waals surface area contributed by atoms with Crippen molar-refractivity contribution < 1.29 is 0 Å². The molecule has 0 aliphatic carbocycles. The Morgan fingerprint density at radius 2 is 1.86 bits per heavy atom. The van der Waals surface area contributed by atoms with Gasteiger partial charge in [-0.3, -0.25) is 0 Å². The molecule has 5 heteroatoms. The fourth-order valence-electron chi connectivity index (χ4n) is 4.22. The summed E-state index contributed by atoms with van der Waals surface area (Å²) in [6.07, 6.45) is 0.941. The van der Waals surface area contributed by atoms with Crippen LogP contribution in [0.3, 0.4) is 0 Å². The van der Waals surface area contributed by atoms with Crippen LogP contribution in [0.15, 0.2) is 42.5 Å². The number of nitrogens with zero attached hydrogens (tertiary/aromatic N) is 1. The van der Waals surface area contributed by atoms with Crippen molar-refractivity contribution in [1.82, 2.24) is 15.2 Å². The van der Waals surface area contributed by atoms with E-state index in [4.69, 9.17) is 23.8 Å². The molecule has 2 heterocycles. The summed E-state index contributed by atoms with van der Waals surface area (Å²) in [4.78, 5) is 6.00. The SMILES string of the molecule is CC(C)NC(=S)N1CCc2c([nH]c3ccc(Cl)cc23)C1c1ccc(C(C)C)cc1.